The Morgan fingerprint density at radius 3 is 2.41 bits per heavy atom. The standard InChI is InChI=1S/C20H22ClFN4S/c21-16-8-15(1-2-17(16)22)23-19(27)24-18-3-4-26(25-18)20-9-12-5-13(10-20)7-14(6-12)11-20/h1-4,8,12-14H,5-7,9-11H2,(H2,23,24,25,27). The average Bonchev–Trinajstić information content (AvgIpc) is 3.06. The lowest BCUT2D eigenvalue weighted by molar-refractivity contribution is -0.0492. The molecule has 1 heterocycles. The smallest absolute Gasteiger partial charge is 0.176 e. The molecule has 142 valence electrons. The lowest BCUT2D eigenvalue weighted by Crippen LogP contribution is -2.52. The Morgan fingerprint density at radius 1 is 1.11 bits per heavy atom. The first kappa shape index (κ1) is 17.4. The second-order valence-electron chi connectivity index (χ2n) is 8.50. The number of nitrogens with one attached hydrogen (secondary N) is 2. The Kier molecular flexibility index (Phi) is 4.17. The van der Waals surface area contributed by atoms with Crippen LogP contribution in [-0.2, 0) is 5.54 Å². The molecule has 1 aromatic carbocycles. The number of benzene rings is 1. The van der Waals surface area contributed by atoms with Crippen molar-refractivity contribution in [3.8, 4) is 0 Å². The van der Waals surface area contributed by atoms with E-state index in [1.807, 2.05) is 6.07 Å². The Hall–Kier alpha value is -1.66. The number of nitrogens with zero attached hydrogens (tertiary/aromatic N) is 2. The van der Waals surface area contributed by atoms with Gasteiger partial charge in [0.25, 0.3) is 0 Å². The fourth-order valence-corrected chi connectivity index (χ4v) is 6.26. The van der Waals surface area contributed by atoms with E-state index in [9.17, 15) is 4.39 Å². The number of thiocarbonyl (C=S) groups is 1. The maximum atomic E-state index is 13.3. The molecule has 1 aromatic heterocycles. The molecule has 4 fully saturated rings. The van der Waals surface area contributed by atoms with E-state index < -0.39 is 5.82 Å². The molecule has 0 atom stereocenters. The summed E-state index contributed by atoms with van der Waals surface area (Å²) in [4.78, 5) is 0. The zero-order valence-electron chi connectivity index (χ0n) is 14.9. The second kappa shape index (κ2) is 6.45. The summed E-state index contributed by atoms with van der Waals surface area (Å²) < 4.78 is 15.5. The second-order valence-corrected chi connectivity index (χ2v) is 9.31. The van der Waals surface area contributed by atoms with E-state index in [0.29, 0.717) is 10.8 Å². The van der Waals surface area contributed by atoms with Crippen molar-refractivity contribution in [2.45, 2.75) is 44.1 Å². The highest BCUT2D eigenvalue weighted by atomic mass is 35.5. The maximum Gasteiger partial charge on any atom is 0.176 e. The Labute approximate surface area is 168 Å². The molecule has 4 saturated carbocycles. The van der Waals surface area contributed by atoms with Gasteiger partial charge in [-0.1, -0.05) is 11.6 Å². The summed E-state index contributed by atoms with van der Waals surface area (Å²) >= 11 is 11.2. The largest absolute Gasteiger partial charge is 0.332 e. The summed E-state index contributed by atoms with van der Waals surface area (Å²) in [5.74, 6) is 2.92. The fourth-order valence-electron chi connectivity index (χ4n) is 5.85. The summed E-state index contributed by atoms with van der Waals surface area (Å²) in [6.07, 6.45) is 10.1. The van der Waals surface area contributed by atoms with Gasteiger partial charge in [-0.05, 0) is 86.7 Å². The predicted octanol–water partition coefficient (Wildman–Crippen LogP) is 5.41. The summed E-state index contributed by atoms with van der Waals surface area (Å²) in [6, 6.07) is 6.40. The van der Waals surface area contributed by atoms with Gasteiger partial charge < -0.3 is 10.6 Å². The number of aromatic nitrogens is 2. The fraction of sp³-hybridized carbons (Fsp3) is 0.500. The molecular weight excluding hydrogens is 383 g/mol. The number of hydrogen-bond acceptors (Lipinski definition) is 2. The molecule has 0 unspecified atom stereocenters. The van der Waals surface area contributed by atoms with Crippen molar-refractivity contribution >= 4 is 40.4 Å². The number of halogens is 2. The predicted molar refractivity (Wildman–Crippen MR) is 110 cm³/mol. The van der Waals surface area contributed by atoms with E-state index >= 15 is 0 Å². The van der Waals surface area contributed by atoms with E-state index in [1.54, 1.807) is 6.07 Å². The monoisotopic (exact) mass is 404 g/mol. The van der Waals surface area contributed by atoms with Crippen molar-refractivity contribution < 1.29 is 4.39 Å². The highest BCUT2D eigenvalue weighted by Gasteiger charge is 2.52. The van der Waals surface area contributed by atoms with Gasteiger partial charge in [0.1, 0.15) is 5.82 Å². The van der Waals surface area contributed by atoms with Gasteiger partial charge in [0.05, 0.1) is 10.6 Å². The van der Waals surface area contributed by atoms with E-state index in [1.165, 1.54) is 50.7 Å². The van der Waals surface area contributed by atoms with Gasteiger partial charge >= 0.3 is 0 Å². The highest BCUT2D eigenvalue weighted by Crippen LogP contribution is 2.58. The Morgan fingerprint density at radius 2 is 1.78 bits per heavy atom. The molecule has 0 saturated heterocycles. The van der Waals surface area contributed by atoms with Crippen LogP contribution in [0.2, 0.25) is 5.02 Å². The van der Waals surface area contributed by atoms with Crippen LogP contribution < -0.4 is 10.6 Å². The molecule has 0 radical (unpaired) electrons. The van der Waals surface area contributed by atoms with Crippen LogP contribution in [0.5, 0.6) is 0 Å². The van der Waals surface area contributed by atoms with Crippen molar-refractivity contribution in [2.75, 3.05) is 10.6 Å². The first-order chi connectivity index (χ1) is 13.0. The van der Waals surface area contributed by atoms with Crippen LogP contribution in [0.4, 0.5) is 15.9 Å². The lowest BCUT2D eigenvalue weighted by atomic mass is 9.53. The third-order valence-corrected chi connectivity index (χ3v) is 6.99. The van der Waals surface area contributed by atoms with Crippen LogP contribution >= 0.6 is 23.8 Å². The molecule has 2 N–H and O–H groups in total. The SMILES string of the molecule is Fc1ccc(NC(=S)Nc2ccn(C34CC5CC(CC(C5)C3)C4)n2)cc1Cl. The van der Waals surface area contributed by atoms with Crippen molar-refractivity contribution in [3.05, 3.63) is 41.3 Å². The molecule has 4 nitrogen and oxygen atoms in total. The summed E-state index contributed by atoms with van der Waals surface area (Å²) in [6.45, 7) is 0. The Bertz CT molecular complexity index is 861. The molecule has 0 spiro atoms. The van der Waals surface area contributed by atoms with Crippen molar-refractivity contribution in [3.63, 3.8) is 0 Å². The molecule has 0 amide bonds. The molecule has 0 aliphatic heterocycles. The summed E-state index contributed by atoms with van der Waals surface area (Å²) in [5.41, 5.74) is 0.841. The zero-order valence-corrected chi connectivity index (χ0v) is 16.5. The first-order valence-electron chi connectivity index (χ1n) is 9.58. The van der Waals surface area contributed by atoms with Crippen molar-refractivity contribution in [1.82, 2.24) is 9.78 Å². The van der Waals surface area contributed by atoms with Crippen molar-refractivity contribution in [1.29, 1.82) is 0 Å². The van der Waals surface area contributed by atoms with Gasteiger partial charge in [0.15, 0.2) is 10.9 Å². The van der Waals surface area contributed by atoms with Gasteiger partial charge in [-0.3, -0.25) is 4.68 Å². The molecule has 7 heteroatoms. The third kappa shape index (κ3) is 3.23. The van der Waals surface area contributed by atoms with Crippen LogP contribution in [0.3, 0.4) is 0 Å². The zero-order chi connectivity index (χ0) is 18.6. The van der Waals surface area contributed by atoms with Crippen LogP contribution in [0.1, 0.15) is 38.5 Å². The molecule has 4 aliphatic rings. The van der Waals surface area contributed by atoms with E-state index in [2.05, 4.69) is 21.5 Å². The van der Waals surface area contributed by atoms with Gasteiger partial charge in [-0.15, -0.1) is 0 Å². The molecule has 2 aromatic rings. The summed E-state index contributed by atoms with van der Waals surface area (Å²) in [7, 11) is 0. The van der Waals surface area contributed by atoms with Gasteiger partial charge in [-0.2, -0.15) is 5.10 Å². The van der Waals surface area contributed by atoms with Gasteiger partial charge in [0, 0.05) is 18.0 Å². The minimum absolute atomic E-state index is 0.0638. The molecular formula is C20H22ClFN4S. The van der Waals surface area contributed by atoms with E-state index in [-0.39, 0.29) is 10.6 Å². The number of rotatable bonds is 3. The highest BCUT2D eigenvalue weighted by molar-refractivity contribution is 7.80. The van der Waals surface area contributed by atoms with Crippen LogP contribution in [-0.4, -0.2) is 14.9 Å². The lowest BCUT2D eigenvalue weighted by Gasteiger charge is -2.56. The minimum atomic E-state index is -0.449. The quantitative estimate of drug-likeness (QED) is 0.671. The number of hydrogen-bond donors (Lipinski definition) is 2. The Balaban J connectivity index is 1.28. The maximum absolute atomic E-state index is 13.3. The normalized spacial score (nSPS) is 31.1. The van der Waals surface area contributed by atoms with Crippen LogP contribution in [0, 0.1) is 23.6 Å². The minimum Gasteiger partial charge on any atom is -0.332 e. The average molecular weight is 405 g/mol. The number of anilines is 2. The van der Waals surface area contributed by atoms with Gasteiger partial charge in [0.2, 0.25) is 0 Å². The molecule has 6 rings (SSSR count). The van der Waals surface area contributed by atoms with E-state index in [4.69, 9.17) is 28.9 Å². The van der Waals surface area contributed by atoms with Crippen molar-refractivity contribution in [2.24, 2.45) is 17.8 Å². The van der Waals surface area contributed by atoms with Gasteiger partial charge in [-0.25, -0.2) is 4.39 Å². The molecule has 27 heavy (non-hydrogen) atoms. The topological polar surface area (TPSA) is 41.9 Å². The molecule has 4 bridgehead atoms. The van der Waals surface area contributed by atoms with Crippen LogP contribution in [0.25, 0.3) is 0 Å². The third-order valence-electron chi connectivity index (χ3n) is 6.50. The summed E-state index contributed by atoms with van der Waals surface area (Å²) in [5, 5.41) is 11.4. The molecule has 4 aliphatic carbocycles. The van der Waals surface area contributed by atoms with E-state index in [0.717, 1.165) is 23.6 Å². The first-order valence-corrected chi connectivity index (χ1v) is 10.4. The van der Waals surface area contributed by atoms with Crippen LogP contribution in [0.15, 0.2) is 30.5 Å².